The van der Waals surface area contributed by atoms with Crippen LogP contribution in [-0.4, -0.2) is 35.3 Å². The maximum atomic E-state index is 13.5. The number of halogens is 1. The van der Waals surface area contributed by atoms with Gasteiger partial charge in [0, 0.05) is 18.4 Å². The van der Waals surface area contributed by atoms with E-state index in [9.17, 15) is 14.0 Å². The first-order chi connectivity index (χ1) is 12.2. The number of alkyl carbamates (subject to hydrolysis) is 1. The summed E-state index contributed by atoms with van der Waals surface area (Å²) >= 11 is 0. The lowest BCUT2D eigenvalue weighted by Gasteiger charge is -2.37. The molecule has 1 saturated heterocycles. The molecule has 1 N–H and O–H groups in total. The number of rotatable bonds is 3. The molecule has 1 aromatic rings. The van der Waals surface area contributed by atoms with Gasteiger partial charge in [-0.25, -0.2) is 14.2 Å². The summed E-state index contributed by atoms with van der Waals surface area (Å²) in [5, 5.41) is 4.15. The van der Waals surface area contributed by atoms with Crippen LogP contribution in [-0.2, 0) is 14.4 Å². The summed E-state index contributed by atoms with van der Waals surface area (Å²) in [5.41, 5.74) is 0.184. The van der Waals surface area contributed by atoms with E-state index in [-0.39, 0.29) is 29.7 Å². The molecule has 3 rings (SSSR count). The number of hydroxylamine groups is 2. The zero-order valence-electron chi connectivity index (χ0n) is 15.3. The molecule has 0 bridgehead atoms. The zero-order chi connectivity index (χ0) is 18.9. The van der Waals surface area contributed by atoms with Crippen LogP contribution in [0.1, 0.15) is 51.6 Å². The van der Waals surface area contributed by atoms with E-state index in [1.165, 1.54) is 17.2 Å². The predicted molar refractivity (Wildman–Crippen MR) is 92.4 cm³/mol. The standard InChI is InChI=1S/C19H25FN2O4/c1-19(2,3)26-18(24)21-15-10-13(11-15)17(23)22-16(7-8-25-22)12-5-4-6-14(20)9-12/h4-6,9,13,15-16H,7-8,10-11H2,1-3H3,(H,21,24)/t13?,15?,16-/m0/s1. The number of benzene rings is 1. The molecule has 0 unspecified atom stereocenters. The summed E-state index contributed by atoms with van der Waals surface area (Å²) in [5.74, 6) is -0.643. The van der Waals surface area contributed by atoms with Crippen LogP contribution < -0.4 is 5.32 Å². The number of nitrogens with one attached hydrogen (secondary N) is 1. The van der Waals surface area contributed by atoms with Crippen molar-refractivity contribution in [1.29, 1.82) is 0 Å². The molecule has 1 aliphatic carbocycles. The Labute approximate surface area is 152 Å². The molecule has 1 heterocycles. The second-order valence-corrected chi connectivity index (χ2v) is 7.87. The molecular formula is C19H25FN2O4. The summed E-state index contributed by atoms with van der Waals surface area (Å²) in [6.07, 6.45) is 1.27. The second kappa shape index (κ2) is 7.23. The molecule has 1 saturated carbocycles. The third-order valence-electron chi connectivity index (χ3n) is 4.56. The van der Waals surface area contributed by atoms with E-state index >= 15 is 0 Å². The van der Waals surface area contributed by atoms with Gasteiger partial charge in [0.25, 0.3) is 0 Å². The van der Waals surface area contributed by atoms with E-state index in [1.54, 1.807) is 32.9 Å². The fourth-order valence-electron chi connectivity index (χ4n) is 3.29. The average Bonchev–Trinajstić information content (AvgIpc) is 2.97. The highest BCUT2D eigenvalue weighted by Crippen LogP contribution is 2.36. The van der Waals surface area contributed by atoms with E-state index < -0.39 is 11.7 Å². The Morgan fingerprint density at radius 2 is 2.04 bits per heavy atom. The minimum absolute atomic E-state index is 0.0750. The molecular weight excluding hydrogens is 339 g/mol. The Bertz CT molecular complexity index is 682. The molecule has 7 heteroatoms. The summed E-state index contributed by atoms with van der Waals surface area (Å²) in [6, 6.07) is 5.91. The zero-order valence-corrected chi connectivity index (χ0v) is 15.3. The first kappa shape index (κ1) is 18.6. The maximum Gasteiger partial charge on any atom is 0.407 e. The van der Waals surface area contributed by atoms with E-state index in [0.717, 1.165) is 5.56 Å². The normalized spacial score (nSPS) is 25.5. The smallest absolute Gasteiger partial charge is 0.407 e. The molecule has 2 aliphatic rings. The summed E-state index contributed by atoms with van der Waals surface area (Å²) in [6.45, 7) is 5.84. The Hall–Kier alpha value is -2.15. The lowest BCUT2D eigenvalue weighted by Crippen LogP contribution is -2.50. The van der Waals surface area contributed by atoms with Crippen LogP contribution in [0.15, 0.2) is 24.3 Å². The first-order valence-corrected chi connectivity index (χ1v) is 8.94. The molecule has 0 spiro atoms. The number of amides is 2. The molecule has 2 amide bonds. The topological polar surface area (TPSA) is 67.9 Å². The van der Waals surface area contributed by atoms with E-state index in [2.05, 4.69) is 5.32 Å². The van der Waals surface area contributed by atoms with Gasteiger partial charge in [-0.15, -0.1) is 0 Å². The van der Waals surface area contributed by atoms with Crippen molar-refractivity contribution >= 4 is 12.0 Å². The highest BCUT2D eigenvalue weighted by atomic mass is 19.1. The molecule has 0 radical (unpaired) electrons. The van der Waals surface area contributed by atoms with Gasteiger partial charge in [0.1, 0.15) is 11.4 Å². The average molecular weight is 364 g/mol. The Balaban J connectivity index is 1.53. The minimum atomic E-state index is -0.551. The van der Waals surface area contributed by atoms with Crippen LogP contribution in [0, 0.1) is 11.7 Å². The van der Waals surface area contributed by atoms with Crippen molar-refractivity contribution in [3.05, 3.63) is 35.6 Å². The van der Waals surface area contributed by atoms with Crippen molar-refractivity contribution < 1.29 is 23.6 Å². The van der Waals surface area contributed by atoms with Crippen LogP contribution >= 0.6 is 0 Å². The number of carbonyl (C=O) groups is 2. The third kappa shape index (κ3) is 4.33. The fourth-order valence-corrected chi connectivity index (χ4v) is 3.29. The van der Waals surface area contributed by atoms with Crippen molar-refractivity contribution in [3.8, 4) is 0 Å². The van der Waals surface area contributed by atoms with Crippen molar-refractivity contribution in [3.63, 3.8) is 0 Å². The number of ether oxygens (including phenoxy) is 1. The number of nitrogens with zero attached hydrogens (tertiary/aromatic N) is 1. The third-order valence-corrected chi connectivity index (χ3v) is 4.56. The molecule has 0 aromatic heterocycles. The highest BCUT2D eigenvalue weighted by molar-refractivity contribution is 5.80. The van der Waals surface area contributed by atoms with E-state index in [4.69, 9.17) is 9.57 Å². The van der Waals surface area contributed by atoms with Gasteiger partial charge in [0.15, 0.2) is 0 Å². The second-order valence-electron chi connectivity index (χ2n) is 7.87. The Morgan fingerprint density at radius 1 is 1.31 bits per heavy atom. The van der Waals surface area contributed by atoms with Gasteiger partial charge in [-0.3, -0.25) is 9.63 Å². The van der Waals surface area contributed by atoms with Gasteiger partial charge < -0.3 is 10.1 Å². The van der Waals surface area contributed by atoms with Gasteiger partial charge in [-0.1, -0.05) is 12.1 Å². The lowest BCUT2D eigenvalue weighted by molar-refractivity contribution is -0.185. The first-order valence-electron chi connectivity index (χ1n) is 8.94. The Kier molecular flexibility index (Phi) is 5.18. The predicted octanol–water partition coefficient (Wildman–Crippen LogP) is 3.33. The summed E-state index contributed by atoms with van der Waals surface area (Å²) < 4.78 is 18.7. The number of hydrogen-bond acceptors (Lipinski definition) is 4. The number of carbonyl (C=O) groups excluding carboxylic acids is 2. The Morgan fingerprint density at radius 3 is 2.69 bits per heavy atom. The van der Waals surface area contributed by atoms with E-state index in [1.807, 2.05) is 0 Å². The van der Waals surface area contributed by atoms with Crippen molar-refractivity contribution in [2.45, 2.75) is 57.7 Å². The fraction of sp³-hybridized carbons (Fsp3) is 0.579. The monoisotopic (exact) mass is 364 g/mol. The van der Waals surface area contributed by atoms with Crippen molar-refractivity contribution in [2.75, 3.05) is 6.61 Å². The quantitative estimate of drug-likeness (QED) is 0.893. The van der Waals surface area contributed by atoms with Crippen molar-refractivity contribution in [2.24, 2.45) is 5.92 Å². The van der Waals surface area contributed by atoms with E-state index in [0.29, 0.717) is 25.9 Å². The van der Waals surface area contributed by atoms with Gasteiger partial charge in [-0.2, -0.15) is 0 Å². The van der Waals surface area contributed by atoms with Gasteiger partial charge in [0.2, 0.25) is 5.91 Å². The van der Waals surface area contributed by atoms with Crippen molar-refractivity contribution in [1.82, 2.24) is 10.4 Å². The SMILES string of the molecule is CC(C)(C)OC(=O)NC1CC(C(=O)N2OCC[C@H]2c2cccc(F)c2)C1. The molecule has 1 aromatic carbocycles. The van der Waals surface area contributed by atoms with Gasteiger partial charge in [-0.05, 0) is 51.3 Å². The molecule has 26 heavy (non-hydrogen) atoms. The molecule has 1 atom stereocenters. The highest BCUT2D eigenvalue weighted by Gasteiger charge is 2.42. The largest absolute Gasteiger partial charge is 0.444 e. The van der Waals surface area contributed by atoms with Gasteiger partial charge in [0.05, 0.1) is 12.6 Å². The maximum absolute atomic E-state index is 13.5. The molecule has 1 aliphatic heterocycles. The van der Waals surface area contributed by atoms with Crippen LogP contribution in [0.4, 0.5) is 9.18 Å². The van der Waals surface area contributed by atoms with Crippen LogP contribution in [0.2, 0.25) is 0 Å². The minimum Gasteiger partial charge on any atom is -0.444 e. The van der Waals surface area contributed by atoms with Gasteiger partial charge >= 0.3 is 6.09 Å². The lowest BCUT2D eigenvalue weighted by atomic mass is 9.79. The number of hydrogen-bond donors (Lipinski definition) is 1. The van der Waals surface area contributed by atoms with Crippen LogP contribution in [0.25, 0.3) is 0 Å². The van der Waals surface area contributed by atoms with Crippen LogP contribution in [0.5, 0.6) is 0 Å². The summed E-state index contributed by atoms with van der Waals surface area (Å²) in [4.78, 5) is 30.0. The van der Waals surface area contributed by atoms with Crippen LogP contribution in [0.3, 0.4) is 0 Å². The molecule has 142 valence electrons. The molecule has 6 nitrogen and oxygen atoms in total. The summed E-state index contributed by atoms with van der Waals surface area (Å²) in [7, 11) is 0. The molecule has 2 fully saturated rings.